The molecule has 2 amide bonds. The molecule has 25 heavy (non-hydrogen) atoms. The molecule has 1 aromatic carbocycles. The van der Waals surface area contributed by atoms with E-state index in [-0.39, 0.29) is 18.9 Å². The lowest BCUT2D eigenvalue weighted by Crippen LogP contribution is -2.51. The van der Waals surface area contributed by atoms with E-state index in [2.05, 4.69) is 21.9 Å². The maximum atomic E-state index is 12.4. The SMILES string of the molecule is C=C1NC(=O)N[C@H](c2ccc(C(=O)OC)cc2)[C@H]1C(=O)OCCOC. The highest BCUT2D eigenvalue weighted by Gasteiger charge is 2.38. The average Bonchev–Trinajstić information content (AvgIpc) is 2.60. The third-order valence-corrected chi connectivity index (χ3v) is 3.75. The van der Waals surface area contributed by atoms with Crippen LogP contribution in [0.5, 0.6) is 0 Å². The van der Waals surface area contributed by atoms with Gasteiger partial charge < -0.3 is 24.8 Å². The van der Waals surface area contributed by atoms with Gasteiger partial charge in [0.05, 0.1) is 25.3 Å². The Morgan fingerprint density at radius 3 is 2.44 bits per heavy atom. The van der Waals surface area contributed by atoms with Gasteiger partial charge in [0.2, 0.25) is 0 Å². The van der Waals surface area contributed by atoms with Crippen LogP contribution in [0.25, 0.3) is 0 Å². The van der Waals surface area contributed by atoms with Gasteiger partial charge in [0.15, 0.2) is 0 Å². The van der Waals surface area contributed by atoms with Crippen molar-refractivity contribution in [2.24, 2.45) is 5.92 Å². The van der Waals surface area contributed by atoms with E-state index in [4.69, 9.17) is 9.47 Å². The van der Waals surface area contributed by atoms with Crippen molar-refractivity contribution in [3.63, 3.8) is 0 Å². The number of hydrogen-bond donors (Lipinski definition) is 2. The first-order valence-corrected chi connectivity index (χ1v) is 7.58. The molecule has 0 aromatic heterocycles. The van der Waals surface area contributed by atoms with Crippen LogP contribution in [0.15, 0.2) is 36.5 Å². The van der Waals surface area contributed by atoms with Gasteiger partial charge in [-0.1, -0.05) is 18.7 Å². The molecule has 0 saturated carbocycles. The first-order valence-electron chi connectivity index (χ1n) is 7.58. The van der Waals surface area contributed by atoms with Gasteiger partial charge in [-0.3, -0.25) is 4.79 Å². The van der Waals surface area contributed by atoms with Crippen molar-refractivity contribution in [3.8, 4) is 0 Å². The first kappa shape index (κ1) is 18.5. The van der Waals surface area contributed by atoms with E-state index < -0.39 is 29.9 Å². The van der Waals surface area contributed by atoms with Crippen molar-refractivity contribution in [2.75, 3.05) is 27.4 Å². The molecule has 1 saturated heterocycles. The fourth-order valence-electron chi connectivity index (χ4n) is 2.50. The van der Waals surface area contributed by atoms with Crippen molar-refractivity contribution < 1.29 is 28.6 Å². The van der Waals surface area contributed by atoms with Gasteiger partial charge in [-0.25, -0.2) is 9.59 Å². The summed E-state index contributed by atoms with van der Waals surface area (Å²) in [6.45, 7) is 4.12. The Hall–Kier alpha value is -2.87. The van der Waals surface area contributed by atoms with E-state index in [0.717, 1.165) is 0 Å². The molecular weight excluding hydrogens is 328 g/mol. The summed E-state index contributed by atoms with van der Waals surface area (Å²) in [5, 5.41) is 5.18. The topological polar surface area (TPSA) is 103 Å². The lowest BCUT2D eigenvalue weighted by atomic mass is 9.88. The Morgan fingerprint density at radius 2 is 1.84 bits per heavy atom. The lowest BCUT2D eigenvalue weighted by Gasteiger charge is -2.33. The number of benzene rings is 1. The predicted octanol–water partition coefficient (Wildman–Crippen LogP) is 1.15. The third-order valence-electron chi connectivity index (χ3n) is 3.75. The number of carbonyl (C=O) groups excluding carboxylic acids is 3. The molecule has 0 aliphatic carbocycles. The second-order valence-electron chi connectivity index (χ2n) is 5.35. The molecule has 1 fully saturated rings. The summed E-state index contributed by atoms with van der Waals surface area (Å²) in [6, 6.07) is 5.28. The summed E-state index contributed by atoms with van der Waals surface area (Å²) in [7, 11) is 2.79. The molecule has 1 aromatic rings. The zero-order chi connectivity index (χ0) is 18.4. The van der Waals surface area contributed by atoms with Crippen LogP contribution in [0.1, 0.15) is 22.0 Å². The smallest absolute Gasteiger partial charge is 0.337 e. The summed E-state index contributed by atoms with van der Waals surface area (Å²) in [5.41, 5.74) is 1.25. The van der Waals surface area contributed by atoms with E-state index in [1.54, 1.807) is 24.3 Å². The number of carbonyl (C=O) groups is 3. The van der Waals surface area contributed by atoms with Crippen LogP contribution in [0.4, 0.5) is 4.79 Å². The number of ether oxygens (including phenoxy) is 3. The van der Waals surface area contributed by atoms with Gasteiger partial charge in [0.1, 0.15) is 12.5 Å². The molecule has 1 heterocycles. The molecule has 2 atom stereocenters. The van der Waals surface area contributed by atoms with Crippen molar-refractivity contribution in [3.05, 3.63) is 47.7 Å². The molecule has 0 bridgehead atoms. The summed E-state index contributed by atoms with van der Waals surface area (Å²) in [6.07, 6.45) is 0. The summed E-state index contributed by atoms with van der Waals surface area (Å²) < 4.78 is 14.7. The fraction of sp³-hybridized carbons (Fsp3) is 0.353. The molecule has 8 nitrogen and oxygen atoms in total. The largest absolute Gasteiger partial charge is 0.465 e. The normalized spacial score (nSPS) is 19.6. The van der Waals surface area contributed by atoms with E-state index in [1.165, 1.54) is 14.2 Å². The Kier molecular flexibility index (Phi) is 6.13. The summed E-state index contributed by atoms with van der Waals surface area (Å²) in [5.74, 6) is -1.81. The lowest BCUT2D eigenvalue weighted by molar-refractivity contribution is -0.149. The van der Waals surface area contributed by atoms with Crippen LogP contribution >= 0.6 is 0 Å². The van der Waals surface area contributed by atoms with E-state index in [1.807, 2.05) is 0 Å². The number of nitrogens with one attached hydrogen (secondary N) is 2. The van der Waals surface area contributed by atoms with Gasteiger partial charge in [-0.2, -0.15) is 0 Å². The highest BCUT2D eigenvalue weighted by molar-refractivity contribution is 5.89. The molecule has 8 heteroatoms. The van der Waals surface area contributed by atoms with Crippen molar-refractivity contribution in [1.29, 1.82) is 0 Å². The monoisotopic (exact) mass is 348 g/mol. The fourth-order valence-corrected chi connectivity index (χ4v) is 2.50. The summed E-state index contributed by atoms with van der Waals surface area (Å²) in [4.78, 5) is 35.7. The van der Waals surface area contributed by atoms with Crippen LogP contribution in [0, 0.1) is 5.92 Å². The maximum absolute atomic E-state index is 12.4. The molecule has 134 valence electrons. The minimum atomic E-state index is -0.807. The second kappa shape index (κ2) is 8.29. The van der Waals surface area contributed by atoms with Gasteiger partial charge in [-0.05, 0) is 17.7 Å². The zero-order valence-corrected chi connectivity index (χ0v) is 14.0. The standard InChI is InChI=1S/C17H20N2O6/c1-10-13(16(21)25-9-8-23-2)14(19-17(22)18-10)11-4-6-12(7-5-11)15(20)24-3/h4-7,13-14H,1,8-9H2,2-3H3,(H2,18,19,22)/t13-,14+/m0/s1. The highest BCUT2D eigenvalue weighted by atomic mass is 16.6. The molecule has 1 aliphatic heterocycles. The quantitative estimate of drug-likeness (QED) is 0.590. The zero-order valence-electron chi connectivity index (χ0n) is 14.0. The number of hydrogen-bond acceptors (Lipinski definition) is 6. The Morgan fingerprint density at radius 1 is 1.16 bits per heavy atom. The van der Waals surface area contributed by atoms with E-state index in [0.29, 0.717) is 11.1 Å². The molecule has 2 rings (SSSR count). The predicted molar refractivity (Wildman–Crippen MR) is 87.7 cm³/mol. The van der Waals surface area contributed by atoms with Gasteiger partial charge >= 0.3 is 18.0 Å². The van der Waals surface area contributed by atoms with Gasteiger partial charge in [0.25, 0.3) is 0 Å². The summed E-state index contributed by atoms with van der Waals surface area (Å²) >= 11 is 0. The number of amides is 2. The van der Waals surface area contributed by atoms with E-state index >= 15 is 0 Å². The minimum absolute atomic E-state index is 0.0983. The molecule has 0 radical (unpaired) electrons. The van der Waals surface area contributed by atoms with Crippen LogP contribution in [-0.4, -0.2) is 45.4 Å². The van der Waals surface area contributed by atoms with Crippen molar-refractivity contribution in [2.45, 2.75) is 6.04 Å². The maximum Gasteiger partial charge on any atom is 0.337 e. The number of esters is 2. The highest BCUT2D eigenvalue weighted by Crippen LogP contribution is 2.30. The second-order valence-corrected chi connectivity index (χ2v) is 5.35. The molecule has 2 N–H and O–H groups in total. The number of urea groups is 1. The third kappa shape index (κ3) is 4.36. The molecule has 1 aliphatic rings. The Bertz CT molecular complexity index is 670. The minimum Gasteiger partial charge on any atom is -0.465 e. The number of methoxy groups -OCH3 is 2. The Balaban J connectivity index is 2.23. The van der Waals surface area contributed by atoms with Crippen molar-refractivity contribution in [1.82, 2.24) is 10.6 Å². The first-order chi connectivity index (χ1) is 12.0. The molecule has 0 spiro atoms. The van der Waals surface area contributed by atoms with E-state index in [9.17, 15) is 14.4 Å². The van der Waals surface area contributed by atoms with Gasteiger partial charge in [0, 0.05) is 12.8 Å². The number of rotatable bonds is 6. The van der Waals surface area contributed by atoms with Crippen LogP contribution in [-0.2, 0) is 19.0 Å². The molecule has 0 unspecified atom stereocenters. The van der Waals surface area contributed by atoms with Crippen LogP contribution < -0.4 is 10.6 Å². The Labute approximate surface area is 145 Å². The van der Waals surface area contributed by atoms with Gasteiger partial charge in [-0.15, -0.1) is 0 Å². The van der Waals surface area contributed by atoms with Crippen LogP contribution in [0.3, 0.4) is 0 Å². The molecular formula is C17H20N2O6. The van der Waals surface area contributed by atoms with Crippen LogP contribution in [0.2, 0.25) is 0 Å². The van der Waals surface area contributed by atoms with Crippen molar-refractivity contribution >= 4 is 18.0 Å². The average molecular weight is 348 g/mol.